The first-order valence-electron chi connectivity index (χ1n) is 9.43. The van der Waals surface area contributed by atoms with E-state index in [4.69, 9.17) is 4.74 Å². The number of pyridine rings is 1. The van der Waals surface area contributed by atoms with Gasteiger partial charge in [0.05, 0.1) is 23.3 Å². The Morgan fingerprint density at radius 3 is 2.73 bits per heavy atom. The van der Waals surface area contributed by atoms with Gasteiger partial charge in [0.15, 0.2) is 12.4 Å². The van der Waals surface area contributed by atoms with Crippen molar-refractivity contribution in [1.82, 2.24) is 14.8 Å². The Labute approximate surface area is 172 Å². The van der Waals surface area contributed by atoms with Crippen LogP contribution in [0.3, 0.4) is 0 Å². The lowest BCUT2D eigenvalue weighted by Crippen LogP contribution is -2.44. The molecule has 2 amide bonds. The molecule has 0 unspecified atom stereocenters. The van der Waals surface area contributed by atoms with E-state index in [-0.39, 0.29) is 18.0 Å². The van der Waals surface area contributed by atoms with Crippen LogP contribution in [0.1, 0.15) is 23.0 Å². The van der Waals surface area contributed by atoms with Gasteiger partial charge in [-0.3, -0.25) is 14.5 Å². The summed E-state index contributed by atoms with van der Waals surface area (Å²) >= 11 is 0. The molecular weight excluding hydrogens is 386 g/mol. The second-order valence-electron chi connectivity index (χ2n) is 6.58. The summed E-state index contributed by atoms with van der Waals surface area (Å²) in [7, 11) is 0. The van der Waals surface area contributed by atoms with E-state index in [0.29, 0.717) is 29.3 Å². The van der Waals surface area contributed by atoms with Crippen molar-refractivity contribution >= 4 is 29.2 Å². The normalized spacial score (nSPS) is 12.8. The fraction of sp³-hybridized carbons (Fsp3) is 0.190. The van der Waals surface area contributed by atoms with E-state index < -0.39 is 18.5 Å². The number of aromatic nitrogens is 3. The molecule has 0 radical (unpaired) electrons. The molecule has 0 aliphatic carbocycles. The third-order valence-electron chi connectivity index (χ3n) is 4.69. The Balaban J connectivity index is 1.49. The molecule has 9 nitrogen and oxygen atoms in total. The molecule has 1 aromatic carbocycles. The van der Waals surface area contributed by atoms with E-state index in [0.717, 1.165) is 0 Å². The topological polar surface area (TPSA) is 106 Å². The Hall–Kier alpha value is -4.01. The predicted octanol–water partition coefficient (Wildman–Crippen LogP) is 1.97. The number of hydrogen-bond acceptors (Lipinski definition) is 6. The summed E-state index contributed by atoms with van der Waals surface area (Å²) in [6, 6.07) is 12.4. The zero-order valence-electron chi connectivity index (χ0n) is 16.2. The number of nitrogens with zero attached hydrogens (tertiary/aromatic N) is 4. The number of ether oxygens (including phenoxy) is 1. The summed E-state index contributed by atoms with van der Waals surface area (Å²) in [5, 5.41) is 6.95. The highest BCUT2D eigenvalue weighted by atomic mass is 16.5. The van der Waals surface area contributed by atoms with Gasteiger partial charge in [-0.2, -0.15) is 5.10 Å². The molecule has 1 aliphatic heterocycles. The van der Waals surface area contributed by atoms with Crippen molar-refractivity contribution in [2.75, 3.05) is 23.4 Å². The smallest absolute Gasteiger partial charge is 0.342 e. The van der Waals surface area contributed by atoms with E-state index >= 15 is 0 Å². The third kappa shape index (κ3) is 3.64. The van der Waals surface area contributed by atoms with Crippen LogP contribution in [0, 0.1) is 0 Å². The van der Waals surface area contributed by atoms with E-state index in [2.05, 4.69) is 15.4 Å². The van der Waals surface area contributed by atoms with Crippen LogP contribution in [0.25, 0.3) is 5.82 Å². The van der Waals surface area contributed by atoms with Crippen LogP contribution >= 0.6 is 0 Å². The summed E-state index contributed by atoms with van der Waals surface area (Å²) in [4.78, 5) is 42.7. The first kappa shape index (κ1) is 19.3. The Morgan fingerprint density at radius 1 is 1.17 bits per heavy atom. The minimum atomic E-state index is -0.655. The second-order valence-corrected chi connectivity index (χ2v) is 6.58. The molecule has 9 heteroatoms. The van der Waals surface area contributed by atoms with E-state index in [1.165, 1.54) is 11.1 Å². The van der Waals surface area contributed by atoms with Crippen LogP contribution in [-0.4, -0.2) is 45.7 Å². The molecule has 3 aromatic rings. The van der Waals surface area contributed by atoms with Gasteiger partial charge < -0.3 is 10.1 Å². The average Bonchev–Trinajstić information content (AvgIpc) is 3.21. The lowest BCUT2D eigenvalue weighted by molar-refractivity contribution is -0.124. The highest BCUT2D eigenvalue weighted by molar-refractivity contribution is 6.10. The zero-order valence-corrected chi connectivity index (χ0v) is 16.2. The van der Waals surface area contributed by atoms with Crippen LogP contribution in [0.15, 0.2) is 54.9 Å². The molecule has 0 saturated carbocycles. The molecule has 1 N–H and O–H groups in total. The standard InChI is InChI=1S/C21H19N5O4/c1-2-16-14(11-23-26(16)18-9-5-6-10-22-18)21(29)30-13-20(28)25-12-19(27)24-15-7-3-4-8-17(15)25/h3-11H,2,12-13H2,1H3,(H,24,27). The van der Waals surface area contributed by atoms with Crippen molar-refractivity contribution in [2.45, 2.75) is 13.3 Å². The summed E-state index contributed by atoms with van der Waals surface area (Å²) in [6.45, 7) is 1.27. The molecule has 30 heavy (non-hydrogen) atoms. The maximum Gasteiger partial charge on any atom is 0.342 e. The maximum absolute atomic E-state index is 12.7. The maximum atomic E-state index is 12.7. The van der Waals surface area contributed by atoms with Crippen LogP contribution < -0.4 is 10.2 Å². The summed E-state index contributed by atoms with van der Waals surface area (Å²) in [5.74, 6) is -0.864. The van der Waals surface area contributed by atoms with Gasteiger partial charge in [-0.1, -0.05) is 25.1 Å². The Kier molecular flexibility index (Phi) is 5.25. The summed E-state index contributed by atoms with van der Waals surface area (Å²) in [5.41, 5.74) is 2.01. The molecular formula is C21H19N5O4. The SMILES string of the molecule is CCc1c(C(=O)OCC(=O)N2CC(=O)Nc3ccccc32)cnn1-c1ccccn1. The van der Waals surface area contributed by atoms with Gasteiger partial charge in [0.25, 0.3) is 5.91 Å². The molecule has 2 aromatic heterocycles. The number of esters is 1. The number of hydrogen-bond donors (Lipinski definition) is 1. The van der Waals surface area contributed by atoms with Gasteiger partial charge in [-0.15, -0.1) is 0 Å². The van der Waals surface area contributed by atoms with Crippen molar-refractivity contribution in [3.8, 4) is 5.82 Å². The molecule has 152 valence electrons. The number of nitrogens with one attached hydrogen (secondary N) is 1. The molecule has 3 heterocycles. The second kappa shape index (κ2) is 8.16. The number of para-hydroxylation sites is 2. The van der Waals surface area contributed by atoms with Crippen molar-refractivity contribution in [2.24, 2.45) is 0 Å². The number of carbonyl (C=O) groups excluding carboxylic acids is 3. The van der Waals surface area contributed by atoms with Gasteiger partial charge in [0.1, 0.15) is 12.1 Å². The van der Waals surface area contributed by atoms with Gasteiger partial charge in [-0.05, 0) is 30.7 Å². The number of fused-ring (bicyclic) bond motifs is 1. The molecule has 0 spiro atoms. The lowest BCUT2D eigenvalue weighted by atomic mass is 10.2. The highest BCUT2D eigenvalue weighted by Crippen LogP contribution is 2.28. The van der Waals surface area contributed by atoms with Crippen LogP contribution in [-0.2, 0) is 20.7 Å². The number of rotatable bonds is 5. The minimum Gasteiger partial charge on any atom is -0.452 e. The molecule has 0 bridgehead atoms. The van der Waals surface area contributed by atoms with Crippen molar-refractivity contribution in [3.05, 3.63) is 66.1 Å². The van der Waals surface area contributed by atoms with Crippen molar-refractivity contribution < 1.29 is 19.1 Å². The van der Waals surface area contributed by atoms with Gasteiger partial charge >= 0.3 is 5.97 Å². The fourth-order valence-electron chi connectivity index (χ4n) is 3.30. The first-order chi connectivity index (χ1) is 14.6. The predicted molar refractivity (Wildman–Crippen MR) is 108 cm³/mol. The van der Waals surface area contributed by atoms with Crippen molar-refractivity contribution in [3.63, 3.8) is 0 Å². The van der Waals surface area contributed by atoms with E-state index in [1.54, 1.807) is 47.3 Å². The molecule has 0 fully saturated rings. The molecule has 0 saturated heterocycles. The number of amides is 2. The fourth-order valence-corrected chi connectivity index (χ4v) is 3.30. The largest absolute Gasteiger partial charge is 0.452 e. The number of carbonyl (C=O) groups is 3. The molecule has 4 rings (SSSR count). The van der Waals surface area contributed by atoms with Crippen LogP contribution in [0.2, 0.25) is 0 Å². The number of benzene rings is 1. The zero-order chi connectivity index (χ0) is 21.1. The van der Waals surface area contributed by atoms with E-state index in [9.17, 15) is 14.4 Å². The monoisotopic (exact) mass is 405 g/mol. The number of anilines is 2. The molecule has 1 aliphatic rings. The lowest BCUT2D eigenvalue weighted by Gasteiger charge is -2.28. The van der Waals surface area contributed by atoms with Crippen molar-refractivity contribution in [1.29, 1.82) is 0 Å². The van der Waals surface area contributed by atoms with Crippen LogP contribution in [0.4, 0.5) is 11.4 Å². The van der Waals surface area contributed by atoms with Gasteiger partial charge in [-0.25, -0.2) is 14.5 Å². The molecule has 0 atom stereocenters. The van der Waals surface area contributed by atoms with Gasteiger partial charge in [0.2, 0.25) is 5.91 Å². The first-order valence-corrected chi connectivity index (χ1v) is 9.43. The minimum absolute atomic E-state index is 0.134. The Bertz CT molecular complexity index is 1110. The van der Waals surface area contributed by atoms with E-state index in [1.807, 2.05) is 13.0 Å². The average molecular weight is 405 g/mol. The summed E-state index contributed by atoms with van der Waals surface area (Å²) in [6.07, 6.45) is 3.57. The van der Waals surface area contributed by atoms with Gasteiger partial charge in [0, 0.05) is 6.20 Å². The quantitative estimate of drug-likeness (QED) is 0.651. The summed E-state index contributed by atoms with van der Waals surface area (Å²) < 4.78 is 6.82. The highest BCUT2D eigenvalue weighted by Gasteiger charge is 2.28. The third-order valence-corrected chi connectivity index (χ3v) is 4.69. The Morgan fingerprint density at radius 2 is 1.97 bits per heavy atom. The van der Waals surface area contributed by atoms with Crippen LogP contribution in [0.5, 0.6) is 0 Å².